The van der Waals surface area contributed by atoms with Gasteiger partial charge in [0.15, 0.2) is 0 Å². The number of aliphatic hydroxyl groups excluding tert-OH is 1. The fourth-order valence-electron chi connectivity index (χ4n) is 3.58. The summed E-state index contributed by atoms with van der Waals surface area (Å²) in [7, 11) is 0. The molecule has 0 bridgehead atoms. The maximum Gasteiger partial charge on any atom is 0.315 e. The van der Waals surface area contributed by atoms with E-state index >= 15 is 0 Å². The largest absolute Gasteiger partial charge is 0.462 e. The first kappa shape index (κ1) is 16.3. The van der Waals surface area contributed by atoms with Gasteiger partial charge < -0.3 is 20.2 Å². The number of hydrogen-bond donors (Lipinski definition) is 3. The second-order valence-electron chi connectivity index (χ2n) is 6.75. The van der Waals surface area contributed by atoms with E-state index in [1.165, 1.54) is 12.8 Å². The molecule has 1 aliphatic heterocycles. The lowest BCUT2D eigenvalue weighted by Gasteiger charge is -2.16. The highest BCUT2D eigenvalue weighted by Gasteiger charge is 2.24. The highest BCUT2D eigenvalue weighted by molar-refractivity contribution is 5.74. The van der Waals surface area contributed by atoms with Crippen molar-refractivity contribution in [2.75, 3.05) is 19.6 Å². The number of carbonyl (C=O) groups is 1. The molecule has 2 amide bonds. The van der Waals surface area contributed by atoms with Crippen molar-refractivity contribution in [2.24, 2.45) is 5.92 Å². The smallest absolute Gasteiger partial charge is 0.315 e. The van der Waals surface area contributed by atoms with Crippen LogP contribution in [-0.2, 0) is 13.2 Å². The Morgan fingerprint density at radius 2 is 2.04 bits per heavy atom. The van der Waals surface area contributed by atoms with Crippen LogP contribution in [0.5, 0.6) is 0 Å². The fourth-order valence-corrected chi connectivity index (χ4v) is 3.58. The van der Waals surface area contributed by atoms with Crippen LogP contribution < -0.4 is 10.6 Å². The van der Waals surface area contributed by atoms with Crippen LogP contribution in [0.4, 0.5) is 4.79 Å². The zero-order valence-electron chi connectivity index (χ0n) is 13.6. The number of furan rings is 1. The topological polar surface area (TPSA) is 77.7 Å². The summed E-state index contributed by atoms with van der Waals surface area (Å²) >= 11 is 0. The van der Waals surface area contributed by atoms with Crippen molar-refractivity contribution in [1.29, 1.82) is 0 Å². The number of carbonyl (C=O) groups excluding carboxylic acids is 1. The molecule has 2 fully saturated rings. The lowest BCUT2D eigenvalue weighted by Crippen LogP contribution is -2.42. The van der Waals surface area contributed by atoms with Gasteiger partial charge in [0.2, 0.25) is 0 Å². The molecule has 0 aromatic carbocycles. The summed E-state index contributed by atoms with van der Waals surface area (Å²) in [4.78, 5) is 14.2. The van der Waals surface area contributed by atoms with Gasteiger partial charge in [-0.15, -0.1) is 0 Å². The van der Waals surface area contributed by atoms with Gasteiger partial charge in [-0.1, -0.05) is 12.8 Å². The molecule has 0 unspecified atom stereocenters. The SMILES string of the molecule is O=C(NC[C@@H]1CCN(Cc2ccc(CO)o2)C1)NC1CCCC1. The third-order valence-corrected chi connectivity index (χ3v) is 4.86. The molecule has 2 aliphatic rings. The van der Waals surface area contributed by atoms with Gasteiger partial charge >= 0.3 is 6.03 Å². The minimum absolute atomic E-state index is 0.0195. The highest BCUT2D eigenvalue weighted by Crippen LogP contribution is 2.20. The van der Waals surface area contributed by atoms with Gasteiger partial charge in [-0.2, -0.15) is 0 Å². The molecule has 6 heteroatoms. The second-order valence-corrected chi connectivity index (χ2v) is 6.75. The van der Waals surface area contributed by atoms with Crippen LogP contribution >= 0.6 is 0 Å². The number of nitrogens with one attached hydrogen (secondary N) is 2. The summed E-state index contributed by atoms with van der Waals surface area (Å²) in [5.41, 5.74) is 0. The summed E-state index contributed by atoms with van der Waals surface area (Å²) in [5.74, 6) is 2.00. The van der Waals surface area contributed by atoms with Gasteiger partial charge in [0, 0.05) is 19.1 Å². The van der Waals surface area contributed by atoms with E-state index in [-0.39, 0.29) is 12.6 Å². The first-order chi connectivity index (χ1) is 11.2. The van der Waals surface area contributed by atoms with Gasteiger partial charge in [-0.05, 0) is 43.9 Å². The number of nitrogens with zero attached hydrogens (tertiary/aromatic N) is 1. The minimum atomic E-state index is -0.0529. The Labute approximate surface area is 137 Å². The van der Waals surface area contributed by atoms with Crippen molar-refractivity contribution in [3.8, 4) is 0 Å². The predicted octanol–water partition coefficient (Wildman–Crippen LogP) is 1.84. The van der Waals surface area contributed by atoms with Crippen LogP contribution in [0, 0.1) is 5.92 Å². The lowest BCUT2D eigenvalue weighted by atomic mass is 10.1. The molecular weight excluding hydrogens is 294 g/mol. The zero-order chi connectivity index (χ0) is 16.1. The molecule has 128 valence electrons. The van der Waals surface area contributed by atoms with Crippen LogP contribution in [0.2, 0.25) is 0 Å². The summed E-state index contributed by atoms with van der Waals surface area (Å²) in [6.45, 7) is 3.44. The van der Waals surface area contributed by atoms with E-state index in [1.54, 1.807) is 0 Å². The molecule has 6 nitrogen and oxygen atoms in total. The van der Waals surface area contributed by atoms with E-state index < -0.39 is 0 Å². The van der Waals surface area contributed by atoms with E-state index in [0.29, 0.717) is 17.7 Å². The molecule has 0 radical (unpaired) electrons. The van der Waals surface area contributed by atoms with Crippen LogP contribution in [0.3, 0.4) is 0 Å². The van der Waals surface area contributed by atoms with E-state index in [2.05, 4.69) is 15.5 Å². The average molecular weight is 321 g/mol. The number of hydrogen-bond acceptors (Lipinski definition) is 4. The molecule has 1 saturated heterocycles. The zero-order valence-corrected chi connectivity index (χ0v) is 13.6. The molecule has 2 heterocycles. The Bertz CT molecular complexity index is 511. The second kappa shape index (κ2) is 7.84. The highest BCUT2D eigenvalue weighted by atomic mass is 16.4. The van der Waals surface area contributed by atoms with Crippen molar-refractivity contribution in [3.05, 3.63) is 23.7 Å². The number of rotatable bonds is 6. The Balaban J connectivity index is 1.35. The van der Waals surface area contributed by atoms with Crippen molar-refractivity contribution in [1.82, 2.24) is 15.5 Å². The molecule has 0 spiro atoms. The Morgan fingerprint density at radius 3 is 2.78 bits per heavy atom. The van der Waals surface area contributed by atoms with Crippen molar-refractivity contribution in [2.45, 2.75) is 51.3 Å². The van der Waals surface area contributed by atoms with Gasteiger partial charge in [0.05, 0.1) is 6.54 Å². The number of likely N-dealkylation sites (tertiary alicyclic amines) is 1. The van der Waals surface area contributed by atoms with Crippen molar-refractivity contribution in [3.63, 3.8) is 0 Å². The van der Waals surface area contributed by atoms with Gasteiger partial charge in [0.1, 0.15) is 18.1 Å². The Hall–Kier alpha value is -1.53. The van der Waals surface area contributed by atoms with E-state index in [0.717, 1.165) is 51.2 Å². The fraction of sp³-hybridized carbons (Fsp3) is 0.706. The summed E-state index contributed by atoms with van der Waals surface area (Å²) < 4.78 is 5.53. The average Bonchev–Trinajstić information content (AvgIpc) is 3.27. The quantitative estimate of drug-likeness (QED) is 0.747. The Morgan fingerprint density at radius 1 is 1.26 bits per heavy atom. The van der Waals surface area contributed by atoms with Crippen LogP contribution in [0.25, 0.3) is 0 Å². The monoisotopic (exact) mass is 321 g/mol. The summed E-state index contributed by atoms with van der Waals surface area (Å²) in [5, 5.41) is 15.1. The molecule has 1 saturated carbocycles. The normalized spacial score (nSPS) is 22.6. The number of amides is 2. The van der Waals surface area contributed by atoms with Crippen LogP contribution in [-0.4, -0.2) is 41.7 Å². The standard InChI is InChI=1S/C17H27N3O3/c21-12-16-6-5-15(23-16)11-20-8-7-13(10-20)9-18-17(22)19-14-3-1-2-4-14/h5-6,13-14,21H,1-4,7-12H2,(H2,18,19,22)/t13-/m0/s1. The van der Waals surface area contributed by atoms with E-state index in [9.17, 15) is 4.79 Å². The van der Waals surface area contributed by atoms with E-state index in [4.69, 9.17) is 9.52 Å². The first-order valence-corrected chi connectivity index (χ1v) is 8.68. The molecule has 1 aliphatic carbocycles. The van der Waals surface area contributed by atoms with Crippen molar-refractivity contribution < 1.29 is 14.3 Å². The maximum atomic E-state index is 11.9. The van der Waals surface area contributed by atoms with Gasteiger partial charge in [-0.3, -0.25) is 4.90 Å². The third-order valence-electron chi connectivity index (χ3n) is 4.86. The molecule has 3 N–H and O–H groups in total. The van der Waals surface area contributed by atoms with Gasteiger partial charge in [-0.25, -0.2) is 4.79 Å². The van der Waals surface area contributed by atoms with Crippen LogP contribution in [0.15, 0.2) is 16.5 Å². The van der Waals surface area contributed by atoms with E-state index in [1.807, 2.05) is 12.1 Å². The third kappa shape index (κ3) is 4.72. The molecule has 3 rings (SSSR count). The summed E-state index contributed by atoms with van der Waals surface area (Å²) in [6, 6.07) is 4.09. The summed E-state index contributed by atoms with van der Waals surface area (Å²) in [6.07, 6.45) is 5.78. The number of aliphatic hydroxyl groups is 1. The molecule has 23 heavy (non-hydrogen) atoms. The predicted molar refractivity (Wildman–Crippen MR) is 86.8 cm³/mol. The molecule has 1 atom stereocenters. The lowest BCUT2D eigenvalue weighted by molar-refractivity contribution is 0.229. The molecule has 1 aromatic rings. The molecular formula is C17H27N3O3. The Kier molecular flexibility index (Phi) is 5.56. The van der Waals surface area contributed by atoms with Crippen LogP contribution in [0.1, 0.15) is 43.6 Å². The maximum absolute atomic E-state index is 11.9. The molecule has 1 aromatic heterocycles. The first-order valence-electron chi connectivity index (χ1n) is 8.68. The van der Waals surface area contributed by atoms with Crippen molar-refractivity contribution >= 4 is 6.03 Å². The minimum Gasteiger partial charge on any atom is -0.462 e. The number of urea groups is 1. The van der Waals surface area contributed by atoms with Gasteiger partial charge in [0.25, 0.3) is 0 Å².